The van der Waals surface area contributed by atoms with Gasteiger partial charge in [-0.1, -0.05) is 63.3 Å². The van der Waals surface area contributed by atoms with Crippen molar-refractivity contribution in [1.82, 2.24) is 0 Å². The first kappa shape index (κ1) is 27.8. The zero-order chi connectivity index (χ0) is 22.9. The van der Waals surface area contributed by atoms with E-state index in [-0.39, 0.29) is 6.42 Å². The lowest BCUT2D eigenvalue weighted by atomic mass is 9.99. The summed E-state index contributed by atoms with van der Waals surface area (Å²) in [4.78, 5) is 12.0. The maximum absolute atomic E-state index is 12.0. The van der Waals surface area contributed by atoms with Crippen LogP contribution < -0.4 is 0 Å². The van der Waals surface area contributed by atoms with Crippen molar-refractivity contribution in [3.63, 3.8) is 0 Å². The molecule has 0 aromatic heterocycles. The second-order valence-electron chi connectivity index (χ2n) is 8.16. The van der Waals surface area contributed by atoms with Crippen LogP contribution in [-0.2, 0) is 14.3 Å². The third kappa shape index (κ3) is 11.8. The molecule has 4 N–H and O–H groups in total. The lowest BCUT2D eigenvalue weighted by Gasteiger charge is -2.39. The first-order valence-corrected chi connectivity index (χ1v) is 11.8. The molecule has 31 heavy (non-hydrogen) atoms. The Kier molecular flexibility index (Phi) is 15.5. The number of allylic oxidation sites excluding steroid dienone is 4. The van der Waals surface area contributed by atoms with Crippen LogP contribution in [0.25, 0.3) is 0 Å². The molecule has 7 nitrogen and oxygen atoms in total. The molecule has 1 rings (SSSR count). The van der Waals surface area contributed by atoms with Crippen LogP contribution in [0.15, 0.2) is 24.3 Å². The Morgan fingerprint density at radius 3 is 2.13 bits per heavy atom. The monoisotopic (exact) mass is 442 g/mol. The number of hydrogen-bond acceptors (Lipinski definition) is 7. The van der Waals surface area contributed by atoms with Crippen molar-refractivity contribution in [3.05, 3.63) is 24.3 Å². The van der Waals surface area contributed by atoms with E-state index in [0.29, 0.717) is 6.42 Å². The largest absolute Gasteiger partial charge is 0.456 e. The summed E-state index contributed by atoms with van der Waals surface area (Å²) < 4.78 is 10.0. The van der Waals surface area contributed by atoms with E-state index in [1.165, 1.54) is 25.7 Å². The van der Waals surface area contributed by atoms with Crippen molar-refractivity contribution < 1.29 is 34.7 Å². The lowest BCUT2D eigenvalue weighted by Crippen LogP contribution is -2.59. The maximum Gasteiger partial charge on any atom is 0.306 e. The number of aliphatic hydroxyl groups excluding tert-OH is 4. The van der Waals surface area contributed by atoms with Crippen LogP contribution in [-0.4, -0.2) is 63.7 Å². The zero-order valence-corrected chi connectivity index (χ0v) is 18.9. The van der Waals surface area contributed by atoms with E-state index in [9.17, 15) is 20.1 Å². The Hall–Kier alpha value is -1.25. The predicted octanol–water partition coefficient (Wildman–Crippen LogP) is 3.14. The van der Waals surface area contributed by atoms with E-state index in [1.54, 1.807) is 0 Å². The minimum atomic E-state index is -1.62. The predicted molar refractivity (Wildman–Crippen MR) is 119 cm³/mol. The van der Waals surface area contributed by atoms with E-state index < -0.39 is 43.3 Å². The van der Waals surface area contributed by atoms with Crippen molar-refractivity contribution in [2.24, 2.45) is 0 Å². The molecule has 5 atom stereocenters. The number of rotatable bonds is 16. The van der Waals surface area contributed by atoms with Crippen LogP contribution in [0.5, 0.6) is 0 Å². The fourth-order valence-electron chi connectivity index (χ4n) is 3.50. The van der Waals surface area contributed by atoms with E-state index in [1.807, 2.05) is 0 Å². The minimum absolute atomic E-state index is 0.182. The van der Waals surface area contributed by atoms with Gasteiger partial charge in [-0.15, -0.1) is 0 Å². The van der Waals surface area contributed by atoms with Gasteiger partial charge in [-0.2, -0.15) is 0 Å². The SMILES string of the molecule is CCCCCC=CCC=CCCCCCCCC(=O)OC1C(O)C(O)OC(CO)C1O. The molecule has 0 spiro atoms. The van der Waals surface area contributed by atoms with Gasteiger partial charge < -0.3 is 29.9 Å². The van der Waals surface area contributed by atoms with Gasteiger partial charge in [0, 0.05) is 6.42 Å². The molecule has 0 radical (unpaired) electrons. The Morgan fingerprint density at radius 2 is 1.48 bits per heavy atom. The number of unbranched alkanes of at least 4 members (excludes halogenated alkanes) is 8. The van der Waals surface area contributed by atoms with E-state index in [0.717, 1.165) is 38.5 Å². The molecular weight excluding hydrogens is 400 g/mol. The summed E-state index contributed by atoms with van der Waals surface area (Å²) in [6.07, 6.45) is 14.1. The van der Waals surface area contributed by atoms with Crippen LogP contribution in [0.2, 0.25) is 0 Å². The molecule has 180 valence electrons. The van der Waals surface area contributed by atoms with Gasteiger partial charge in [0.25, 0.3) is 0 Å². The lowest BCUT2D eigenvalue weighted by molar-refractivity contribution is -0.289. The second-order valence-corrected chi connectivity index (χ2v) is 8.16. The molecule has 0 aromatic rings. The van der Waals surface area contributed by atoms with Crippen molar-refractivity contribution >= 4 is 5.97 Å². The average molecular weight is 443 g/mol. The van der Waals surface area contributed by atoms with Gasteiger partial charge in [-0.05, 0) is 38.5 Å². The summed E-state index contributed by atoms with van der Waals surface area (Å²) in [7, 11) is 0. The van der Waals surface area contributed by atoms with Gasteiger partial charge in [-0.25, -0.2) is 0 Å². The average Bonchev–Trinajstić information content (AvgIpc) is 2.76. The number of aliphatic hydroxyl groups is 4. The van der Waals surface area contributed by atoms with Crippen LogP contribution in [0, 0.1) is 0 Å². The van der Waals surface area contributed by atoms with Crippen molar-refractivity contribution in [3.8, 4) is 0 Å². The summed E-state index contributed by atoms with van der Waals surface area (Å²) in [5, 5.41) is 38.6. The normalized spacial score (nSPS) is 26.7. The molecule has 1 saturated heterocycles. The minimum Gasteiger partial charge on any atom is -0.456 e. The molecule has 0 bridgehead atoms. The van der Waals surface area contributed by atoms with Gasteiger partial charge >= 0.3 is 5.97 Å². The topological polar surface area (TPSA) is 116 Å². The van der Waals surface area contributed by atoms with Gasteiger partial charge in [0.2, 0.25) is 0 Å². The summed E-state index contributed by atoms with van der Waals surface area (Å²) in [5.41, 5.74) is 0. The van der Waals surface area contributed by atoms with Gasteiger partial charge in [0.15, 0.2) is 12.4 Å². The Balaban J connectivity index is 2.05. The molecule has 0 saturated carbocycles. The third-order valence-electron chi connectivity index (χ3n) is 5.44. The first-order valence-electron chi connectivity index (χ1n) is 11.8. The molecular formula is C24H42O7. The third-order valence-corrected chi connectivity index (χ3v) is 5.44. The molecule has 5 unspecified atom stereocenters. The van der Waals surface area contributed by atoms with Crippen molar-refractivity contribution in [2.45, 2.75) is 115 Å². The fraction of sp³-hybridized carbons (Fsp3) is 0.792. The number of ether oxygens (including phenoxy) is 2. The Morgan fingerprint density at radius 1 is 0.871 bits per heavy atom. The smallest absolute Gasteiger partial charge is 0.306 e. The van der Waals surface area contributed by atoms with E-state index in [2.05, 4.69) is 31.2 Å². The van der Waals surface area contributed by atoms with Crippen LogP contribution >= 0.6 is 0 Å². The highest BCUT2D eigenvalue weighted by atomic mass is 16.7. The molecule has 0 aliphatic carbocycles. The number of hydrogen-bond donors (Lipinski definition) is 4. The summed E-state index contributed by atoms with van der Waals surface area (Å²) >= 11 is 0. The summed E-state index contributed by atoms with van der Waals surface area (Å²) in [6, 6.07) is 0. The molecule has 1 aliphatic heterocycles. The molecule has 1 heterocycles. The highest BCUT2D eigenvalue weighted by Gasteiger charge is 2.45. The Bertz CT molecular complexity index is 520. The van der Waals surface area contributed by atoms with Gasteiger partial charge in [-0.3, -0.25) is 4.79 Å². The molecule has 1 fully saturated rings. The fourth-order valence-corrected chi connectivity index (χ4v) is 3.50. The molecule has 0 amide bonds. The van der Waals surface area contributed by atoms with Crippen molar-refractivity contribution in [2.75, 3.05) is 6.61 Å². The first-order chi connectivity index (χ1) is 15.0. The number of carbonyl (C=O) groups is 1. The second kappa shape index (κ2) is 17.3. The highest BCUT2D eigenvalue weighted by molar-refractivity contribution is 5.69. The summed E-state index contributed by atoms with van der Waals surface area (Å²) in [5.74, 6) is -0.542. The highest BCUT2D eigenvalue weighted by Crippen LogP contribution is 2.23. The van der Waals surface area contributed by atoms with Gasteiger partial charge in [0.05, 0.1) is 6.61 Å². The number of carbonyl (C=O) groups excluding carboxylic acids is 1. The number of esters is 1. The van der Waals surface area contributed by atoms with Crippen LogP contribution in [0.4, 0.5) is 0 Å². The quantitative estimate of drug-likeness (QED) is 0.165. The summed E-state index contributed by atoms with van der Waals surface area (Å²) in [6.45, 7) is 1.66. The van der Waals surface area contributed by atoms with E-state index >= 15 is 0 Å². The molecule has 7 heteroatoms. The van der Waals surface area contributed by atoms with Crippen LogP contribution in [0.1, 0.15) is 84.0 Å². The molecule has 0 aromatic carbocycles. The maximum atomic E-state index is 12.0. The Labute approximate surface area is 186 Å². The van der Waals surface area contributed by atoms with Crippen molar-refractivity contribution in [1.29, 1.82) is 0 Å². The van der Waals surface area contributed by atoms with Gasteiger partial charge in [0.1, 0.15) is 18.3 Å². The van der Waals surface area contributed by atoms with E-state index in [4.69, 9.17) is 14.6 Å². The zero-order valence-electron chi connectivity index (χ0n) is 18.9. The standard InChI is InChI=1S/C24H42O7/c1-2-3-4-5-6-7-8-9-10-11-12-13-14-15-16-17-20(26)31-23-21(27)19(18-25)30-24(29)22(23)28/h6-7,9-10,19,21-25,27-29H,2-5,8,11-18H2,1H3. The van der Waals surface area contributed by atoms with Crippen LogP contribution in [0.3, 0.4) is 0 Å². The molecule has 1 aliphatic rings.